The van der Waals surface area contributed by atoms with Crippen molar-refractivity contribution in [3.05, 3.63) is 59.7 Å². The number of amides is 1. The second-order valence-corrected chi connectivity index (χ2v) is 12.1. The standard InChI is InChI=1S/C22H27N3O5S2/c1-23(31(27,28)20-8-3-2-4-9-20)17-22(26)24-12-14-25(15-13-24)32(29,30)21-11-10-18-6-5-7-19(18)16-21/h2-4,8-11,16H,5-7,12-15,17H2,1H3. The Hall–Kier alpha value is -2.27. The summed E-state index contributed by atoms with van der Waals surface area (Å²) < 4.78 is 53.8. The molecule has 0 atom stereocenters. The molecule has 4 rings (SSSR count). The zero-order valence-corrected chi connectivity index (χ0v) is 19.6. The number of fused-ring (bicyclic) bond motifs is 1. The number of carbonyl (C=O) groups excluding carboxylic acids is 1. The van der Waals surface area contributed by atoms with E-state index in [0.29, 0.717) is 4.90 Å². The van der Waals surface area contributed by atoms with Crippen molar-refractivity contribution in [3.8, 4) is 0 Å². The summed E-state index contributed by atoms with van der Waals surface area (Å²) in [6, 6.07) is 13.3. The minimum absolute atomic E-state index is 0.126. The van der Waals surface area contributed by atoms with Gasteiger partial charge in [-0.05, 0) is 54.7 Å². The summed E-state index contributed by atoms with van der Waals surface area (Å²) in [6.45, 7) is 0.514. The minimum atomic E-state index is -3.77. The molecular formula is C22H27N3O5S2. The molecule has 2 aromatic rings. The van der Waals surface area contributed by atoms with Crippen molar-refractivity contribution in [2.24, 2.45) is 0 Å². The summed E-state index contributed by atoms with van der Waals surface area (Å²) in [5, 5.41) is 0. The summed E-state index contributed by atoms with van der Waals surface area (Å²) >= 11 is 0. The van der Waals surface area contributed by atoms with Gasteiger partial charge in [-0.15, -0.1) is 0 Å². The number of likely N-dealkylation sites (N-methyl/N-ethyl adjacent to an activating group) is 1. The maximum atomic E-state index is 13.1. The van der Waals surface area contributed by atoms with Crippen LogP contribution in [0.5, 0.6) is 0 Å². The van der Waals surface area contributed by atoms with Crippen molar-refractivity contribution in [3.63, 3.8) is 0 Å². The molecule has 0 saturated carbocycles. The van der Waals surface area contributed by atoms with Crippen LogP contribution in [0.1, 0.15) is 17.5 Å². The first-order chi connectivity index (χ1) is 15.2. The van der Waals surface area contributed by atoms with Crippen molar-refractivity contribution in [1.29, 1.82) is 0 Å². The van der Waals surface area contributed by atoms with Crippen molar-refractivity contribution in [1.82, 2.24) is 13.5 Å². The van der Waals surface area contributed by atoms with Crippen LogP contribution in [0.25, 0.3) is 0 Å². The average Bonchev–Trinajstić information content (AvgIpc) is 3.27. The van der Waals surface area contributed by atoms with E-state index in [9.17, 15) is 21.6 Å². The maximum Gasteiger partial charge on any atom is 0.243 e. The van der Waals surface area contributed by atoms with Crippen molar-refractivity contribution >= 4 is 26.0 Å². The van der Waals surface area contributed by atoms with E-state index in [-0.39, 0.29) is 43.5 Å². The molecule has 32 heavy (non-hydrogen) atoms. The van der Waals surface area contributed by atoms with E-state index in [4.69, 9.17) is 0 Å². The lowest BCUT2D eigenvalue weighted by Crippen LogP contribution is -2.52. The fraction of sp³-hybridized carbons (Fsp3) is 0.409. The Morgan fingerprint density at radius 3 is 2.22 bits per heavy atom. The Bertz CT molecular complexity index is 1210. The van der Waals surface area contributed by atoms with Gasteiger partial charge >= 0.3 is 0 Å². The Morgan fingerprint density at radius 2 is 1.53 bits per heavy atom. The third-order valence-corrected chi connectivity index (χ3v) is 9.82. The van der Waals surface area contributed by atoms with Crippen LogP contribution < -0.4 is 0 Å². The van der Waals surface area contributed by atoms with Crippen LogP contribution in [-0.2, 0) is 37.7 Å². The van der Waals surface area contributed by atoms with E-state index in [2.05, 4.69) is 0 Å². The van der Waals surface area contributed by atoms with Crippen molar-refractivity contribution < 1.29 is 21.6 Å². The molecule has 2 aromatic carbocycles. The summed E-state index contributed by atoms with van der Waals surface area (Å²) in [6.07, 6.45) is 2.94. The molecule has 2 aliphatic rings. The van der Waals surface area contributed by atoms with E-state index in [1.54, 1.807) is 30.3 Å². The molecule has 1 aliphatic carbocycles. The SMILES string of the molecule is CN(CC(=O)N1CCN(S(=O)(=O)c2ccc3c(c2)CCC3)CC1)S(=O)(=O)c1ccccc1. The average molecular weight is 478 g/mol. The highest BCUT2D eigenvalue weighted by Crippen LogP contribution is 2.26. The lowest BCUT2D eigenvalue weighted by Gasteiger charge is -2.34. The molecular weight excluding hydrogens is 450 g/mol. The Labute approximate surface area is 189 Å². The van der Waals surface area contributed by atoms with E-state index in [0.717, 1.165) is 29.1 Å². The Kier molecular flexibility index (Phi) is 6.39. The highest BCUT2D eigenvalue weighted by atomic mass is 32.2. The lowest BCUT2D eigenvalue weighted by molar-refractivity contribution is -0.132. The van der Waals surface area contributed by atoms with Crippen LogP contribution in [-0.4, -0.2) is 76.0 Å². The third kappa shape index (κ3) is 4.45. The zero-order chi connectivity index (χ0) is 22.9. The molecule has 0 aromatic heterocycles. The molecule has 0 spiro atoms. The van der Waals surface area contributed by atoms with Gasteiger partial charge < -0.3 is 4.90 Å². The van der Waals surface area contributed by atoms with Crippen molar-refractivity contribution in [2.75, 3.05) is 39.8 Å². The molecule has 0 unspecified atom stereocenters. The van der Waals surface area contributed by atoms with Gasteiger partial charge in [0.1, 0.15) is 0 Å². The van der Waals surface area contributed by atoms with Crippen LogP contribution in [0.15, 0.2) is 58.3 Å². The largest absolute Gasteiger partial charge is 0.339 e. The van der Waals surface area contributed by atoms with Gasteiger partial charge in [-0.2, -0.15) is 8.61 Å². The smallest absolute Gasteiger partial charge is 0.243 e. The number of hydrogen-bond donors (Lipinski definition) is 0. The van der Waals surface area contributed by atoms with Gasteiger partial charge in [0.25, 0.3) is 0 Å². The number of hydrogen-bond acceptors (Lipinski definition) is 5. The molecule has 8 nitrogen and oxygen atoms in total. The summed E-state index contributed by atoms with van der Waals surface area (Å²) in [4.78, 5) is 14.6. The monoisotopic (exact) mass is 477 g/mol. The Morgan fingerprint density at radius 1 is 0.875 bits per heavy atom. The number of sulfonamides is 2. The molecule has 0 radical (unpaired) electrons. The minimum Gasteiger partial charge on any atom is -0.339 e. The molecule has 1 amide bonds. The summed E-state index contributed by atoms with van der Waals surface area (Å²) in [5.74, 6) is -0.346. The predicted octanol–water partition coefficient (Wildman–Crippen LogP) is 1.33. The van der Waals surface area contributed by atoms with Crippen LogP contribution in [0.4, 0.5) is 0 Å². The van der Waals surface area contributed by atoms with Crippen LogP contribution in [0.3, 0.4) is 0 Å². The summed E-state index contributed by atoms with van der Waals surface area (Å²) in [7, 11) is -6.02. The molecule has 1 fully saturated rings. The van der Waals surface area contributed by atoms with Gasteiger partial charge in [0.2, 0.25) is 26.0 Å². The van der Waals surface area contributed by atoms with Gasteiger partial charge in [0.15, 0.2) is 0 Å². The second-order valence-electron chi connectivity index (χ2n) is 8.14. The topological polar surface area (TPSA) is 95.1 Å². The number of piperazine rings is 1. The maximum absolute atomic E-state index is 13.1. The summed E-state index contributed by atoms with van der Waals surface area (Å²) in [5.41, 5.74) is 2.32. The quantitative estimate of drug-likeness (QED) is 0.626. The van der Waals surface area contributed by atoms with Gasteiger partial charge in [-0.25, -0.2) is 16.8 Å². The highest BCUT2D eigenvalue weighted by molar-refractivity contribution is 7.89. The third-order valence-electron chi connectivity index (χ3n) is 6.11. The predicted molar refractivity (Wildman–Crippen MR) is 120 cm³/mol. The number of carbonyl (C=O) groups is 1. The van der Waals surface area contributed by atoms with Crippen LogP contribution in [0.2, 0.25) is 0 Å². The fourth-order valence-electron chi connectivity index (χ4n) is 4.18. The zero-order valence-electron chi connectivity index (χ0n) is 18.0. The molecule has 10 heteroatoms. The molecule has 172 valence electrons. The van der Waals surface area contributed by atoms with E-state index < -0.39 is 20.0 Å². The highest BCUT2D eigenvalue weighted by Gasteiger charge is 2.32. The fourth-order valence-corrected chi connectivity index (χ4v) is 6.80. The van der Waals surface area contributed by atoms with Gasteiger partial charge in [-0.3, -0.25) is 4.79 Å². The van der Waals surface area contributed by atoms with E-state index in [1.165, 1.54) is 33.9 Å². The first-order valence-corrected chi connectivity index (χ1v) is 13.5. The molecule has 1 heterocycles. The van der Waals surface area contributed by atoms with Gasteiger partial charge in [-0.1, -0.05) is 24.3 Å². The molecule has 1 saturated heterocycles. The van der Waals surface area contributed by atoms with Crippen LogP contribution in [0, 0.1) is 0 Å². The molecule has 0 N–H and O–H groups in total. The number of aryl methyl sites for hydroxylation is 2. The second kappa shape index (κ2) is 8.93. The lowest BCUT2D eigenvalue weighted by atomic mass is 10.1. The number of rotatable bonds is 6. The van der Waals surface area contributed by atoms with Crippen LogP contribution >= 0.6 is 0 Å². The normalized spacial score (nSPS) is 17.5. The van der Waals surface area contributed by atoms with E-state index in [1.807, 2.05) is 6.07 Å². The van der Waals surface area contributed by atoms with Crippen molar-refractivity contribution in [2.45, 2.75) is 29.1 Å². The Balaban J connectivity index is 1.37. The van der Waals surface area contributed by atoms with Gasteiger partial charge in [0, 0.05) is 33.2 Å². The van der Waals surface area contributed by atoms with Gasteiger partial charge in [0.05, 0.1) is 16.3 Å². The number of nitrogens with zero attached hydrogens (tertiary/aromatic N) is 3. The van der Waals surface area contributed by atoms with E-state index >= 15 is 0 Å². The first kappa shape index (κ1) is 22.9. The first-order valence-electron chi connectivity index (χ1n) is 10.6. The molecule has 0 bridgehead atoms. The number of benzene rings is 2. The molecule has 1 aliphatic heterocycles.